The fraction of sp³-hybridized carbons (Fsp3) is 0.105. The van der Waals surface area contributed by atoms with Gasteiger partial charge in [-0.2, -0.15) is 5.10 Å². The molecule has 0 aliphatic rings. The lowest BCUT2D eigenvalue weighted by Gasteiger charge is -2.07. The monoisotopic (exact) mass is 332 g/mol. The van der Waals surface area contributed by atoms with Crippen molar-refractivity contribution >= 4 is 22.7 Å². The van der Waals surface area contributed by atoms with Crippen LogP contribution in [0.2, 0.25) is 0 Å². The zero-order valence-electron chi connectivity index (χ0n) is 13.3. The highest BCUT2D eigenvalue weighted by molar-refractivity contribution is 7.98. The van der Waals surface area contributed by atoms with Crippen LogP contribution >= 0.6 is 11.8 Å². The SMILES string of the molecule is Cc1nc(SCc2ccc(-n3cccn3)cc2)c2ccccc2n1. The van der Waals surface area contributed by atoms with Crippen molar-refractivity contribution in [3.8, 4) is 5.69 Å². The van der Waals surface area contributed by atoms with Crippen molar-refractivity contribution in [3.63, 3.8) is 0 Å². The summed E-state index contributed by atoms with van der Waals surface area (Å²) in [4.78, 5) is 9.11. The number of hydrogen-bond donors (Lipinski definition) is 0. The molecule has 0 spiro atoms. The van der Waals surface area contributed by atoms with Gasteiger partial charge in [-0.3, -0.25) is 0 Å². The van der Waals surface area contributed by atoms with E-state index >= 15 is 0 Å². The van der Waals surface area contributed by atoms with Crippen molar-refractivity contribution in [1.29, 1.82) is 0 Å². The number of nitrogens with zero attached hydrogens (tertiary/aromatic N) is 4. The minimum Gasteiger partial charge on any atom is -0.241 e. The van der Waals surface area contributed by atoms with Crippen molar-refractivity contribution in [2.75, 3.05) is 0 Å². The molecule has 2 aromatic carbocycles. The molecule has 4 nitrogen and oxygen atoms in total. The van der Waals surface area contributed by atoms with Crippen LogP contribution in [-0.4, -0.2) is 19.7 Å². The molecule has 0 radical (unpaired) electrons. The third kappa shape index (κ3) is 3.03. The number of hydrogen-bond acceptors (Lipinski definition) is 4. The molecule has 0 amide bonds. The molecule has 0 bridgehead atoms. The molecule has 0 saturated heterocycles. The van der Waals surface area contributed by atoms with E-state index in [2.05, 4.69) is 45.4 Å². The van der Waals surface area contributed by atoms with Gasteiger partial charge in [0.05, 0.1) is 11.2 Å². The summed E-state index contributed by atoms with van der Waals surface area (Å²) in [5.41, 5.74) is 3.33. The number of benzene rings is 2. The summed E-state index contributed by atoms with van der Waals surface area (Å²) in [6.45, 7) is 1.94. The Morgan fingerprint density at radius 2 is 1.79 bits per heavy atom. The maximum absolute atomic E-state index is 4.61. The molecule has 4 aromatic rings. The van der Waals surface area contributed by atoms with Gasteiger partial charge in [0, 0.05) is 23.5 Å². The van der Waals surface area contributed by atoms with Crippen molar-refractivity contribution < 1.29 is 0 Å². The summed E-state index contributed by atoms with van der Waals surface area (Å²) in [6.07, 6.45) is 3.73. The Morgan fingerprint density at radius 1 is 0.958 bits per heavy atom. The Hall–Kier alpha value is -2.66. The molecule has 2 aromatic heterocycles. The Morgan fingerprint density at radius 3 is 2.58 bits per heavy atom. The third-order valence-electron chi connectivity index (χ3n) is 3.76. The summed E-state index contributed by atoms with van der Waals surface area (Å²) in [5.74, 6) is 1.69. The number of para-hydroxylation sites is 1. The molecule has 24 heavy (non-hydrogen) atoms. The van der Waals surface area contributed by atoms with Crippen LogP contribution < -0.4 is 0 Å². The number of thioether (sulfide) groups is 1. The van der Waals surface area contributed by atoms with Gasteiger partial charge in [0.25, 0.3) is 0 Å². The highest BCUT2D eigenvalue weighted by Crippen LogP contribution is 2.28. The van der Waals surface area contributed by atoms with Gasteiger partial charge >= 0.3 is 0 Å². The van der Waals surface area contributed by atoms with Crippen LogP contribution in [0.15, 0.2) is 72.0 Å². The standard InChI is InChI=1S/C19H16N4S/c1-14-21-18-6-3-2-5-17(18)19(22-14)24-13-15-7-9-16(10-8-15)23-12-4-11-20-23/h2-12H,13H2,1H3. The summed E-state index contributed by atoms with van der Waals surface area (Å²) in [5, 5.41) is 6.40. The second kappa shape index (κ2) is 6.45. The lowest BCUT2D eigenvalue weighted by molar-refractivity contribution is 0.880. The van der Waals surface area contributed by atoms with Crippen LogP contribution in [-0.2, 0) is 5.75 Å². The van der Waals surface area contributed by atoms with Crippen LogP contribution in [0.4, 0.5) is 0 Å². The largest absolute Gasteiger partial charge is 0.241 e. The Balaban J connectivity index is 1.55. The Bertz CT molecular complexity index is 963. The van der Waals surface area contributed by atoms with Crippen LogP contribution in [0, 0.1) is 6.92 Å². The van der Waals surface area contributed by atoms with Crippen molar-refractivity contribution in [2.24, 2.45) is 0 Å². The van der Waals surface area contributed by atoms with E-state index < -0.39 is 0 Å². The molecule has 0 N–H and O–H groups in total. The fourth-order valence-electron chi connectivity index (χ4n) is 2.59. The summed E-state index contributed by atoms with van der Waals surface area (Å²) in [6, 6.07) is 18.5. The predicted molar refractivity (Wildman–Crippen MR) is 97.4 cm³/mol. The Kier molecular flexibility index (Phi) is 4.01. The molecule has 0 aliphatic heterocycles. The van der Waals surface area contributed by atoms with E-state index in [1.807, 2.05) is 42.1 Å². The molecule has 0 aliphatic carbocycles. The summed E-state index contributed by atoms with van der Waals surface area (Å²) >= 11 is 1.75. The van der Waals surface area contributed by atoms with E-state index in [0.29, 0.717) is 0 Å². The second-order valence-electron chi connectivity index (χ2n) is 5.50. The quantitative estimate of drug-likeness (QED) is 0.410. The van der Waals surface area contributed by atoms with Gasteiger partial charge in [-0.15, -0.1) is 11.8 Å². The molecular formula is C19H16N4S. The molecule has 4 rings (SSSR count). The molecule has 2 heterocycles. The maximum Gasteiger partial charge on any atom is 0.127 e. The van der Waals surface area contributed by atoms with Crippen molar-refractivity contribution in [2.45, 2.75) is 17.7 Å². The van der Waals surface area contributed by atoms with Gasteiger partial charge < -0.3 is 0 Å². The highest BCUT2D eigenvalue weighted by Gasteiger charge is 2.06. The third-order valence-corrected chi connectivity index (χ3v) is 4.82. The zero-order chi connectivity index (χ0) is 16.4. The molecular weight excluding hydrogens is 316 g/mol. The lowest BCUT2D eigenvalue weighted by Crippen LogP contribution is -1.95. The van der Waals surface area contributed by atoms with Crippen LogP contribution in [0.25, 0.3) is 16.6 Å². The van der Waals surface area contributed by atoms with Gasteiger partial charge in [-0.05, 0) is 36.8 Å². The van der Waals surface area contributed by atoms with Crippen LogP contribution in [0.3, 0.4) is 0 Å². The van der Waals surface area contributed by atoms with Gasteiger partial charge in [-0.25, -0.2) is 14.6 Å². The van der Waals surface area contributed by atoms with Gasteiger partial charge in [-0.1, -0.05) is 30.3 Å². The first kappa shape index (κ1) is 14.9. The summed E-state index contributed by atoms with van der Waals surface area (Å²) < 4.78 is 1.86. The van der Waals surface area contributed by atoms with E-state index in [0.717, 1.165) is 33.2 Å². The smallest absolute Gasteiger partial charge is 0.127 e. The Labute approximate surface area is 144 Å². The van der Waals surface area contributed by atoms with Crippen LogP contribution in [0.1, 0.15) is 11.4 Å². The van der Waals surface area contributed by atoms with Crippen LogP contribution in [0.5, 0.6) is 0 Å². The average Bonchev–Trinajstić information content (AvgIpc) is 3.14. The summed E-state index contributed by atoms with van der Waals surface area (Å²) in [7, 11) is 0. The highest BCUT2D eigenvalue weighted by atomic mass is 32.2. The molecule has 0 unspecified atom stereocenters. The van der Waals surface area contributed by atoms with Gasteiger partial charge in [0.1, 0.15) is 10.9 Å². The fourth-order valence-corrected chi connectivity index (χ4v) is 3.61. The normalized spacial score (nSPS) is 11.0. The van der Waals surface area contributed by atoms with E-state index in [-0.39, 0.29) is 0 Å². The number of fused-ring (bicyclic) bond motifs is 1. The first-order valence-corrected chi connectivity index (χ1v) is 8.73. The van der Waals surface area contributed by atoms with Crippen molar-refractivity contribution in [3.05, 3.63) is 78.4 Å². The molecule has 0 fully saturated rings. The van der Waals surface area contributed by atoms with E-state index in [1.165, 1.54) is 5.56 Å². The van der Waals surface area contributed by atoms with Crippen molar-refractivity contribution in [1.82, 2.24) is 19.7 Å². The molecule has 5 heteroatoms. The van der Waals surface area contributed by atoms with E-state index in [9.17, 15) is 0 Å². The lowest BCUT2D eigenvalue weighted by atomic mass is 10.2. The zero-order valence-corrected chi connectivity index (χ0v) is 14.1. The number of rotatable bonds is 4. The first-order chi connectivity index (χ1) is 11.8. The van der Waals surface area contributed by atoms with E-state index in [1.54, 1.807) is 18.0 Å². The first-order valence-electron chi connectivity index (χ1n) is 7.75. The topological polar surface area (TPSA) is 43.6 Å². The second-order valence-corrected chi connectivity index (χ2v) is 6.46. The maximum atomic E-state index is 4.61. The van der Waals surface area contributed by atoms with Gasteiger partial charge in [0.15, 0.2) is 0 Å². The minimum atomic E-state index is 0.810. The number of aryl methyl sites for hydroxylation is 1. The molecule has 0 atom stereocenters. The average molecular weight is 332 g/mol. The van der Waals surface area contributed by atoms with Gasteiger partial charge in [0.2, 0.25) is 0 Å². The molecule has 118 valence electrons. The van der Waals surface area contributed by atoms with E-state index in [4.69, 9.17) is 0 Å². The number of aromatic nitrogens is 4. The molecule has 0 saturated carbocycles. The minimum absolute atomic E-state index is 0.810. The predicted octanol–water partition coefficient (Wildman–Crippen LogP) is 4.42.